The van der Waals surface area contributed by atoms with Crippen LogP contribution < -0.4 is 0 Å². The number of unbranched alkanes of at least 4 members (excludes halogenated alkanes) is 16. The molecule has 0 saturated heterocycles. The molecule has 0 aromatic heterocycles. The first-order valence-electron chi connectivity index (χ1n) is 18.9. The average molecular weight is 631 g/mol. The first-order valence-corrected chi connectivity index (χ1v) is 18.9. The van der Waals surface area contributed by atoms with Crippen molar-refractivity contribution >= 4 is 11.9 Å². The van der Waals surface area contributed by atoms with E-state index in [-0.39, 0.29) is 18.0 Å². The van der Waals surface area contributed by atoms with Crippen molar-refractivity contribution in [1.82, 2.24) is 0 Å². The van der Waals surface area contributed by atoms with Gasteiger partial charge in [-0.05, 0) is 97.8 Å². The maximum absolute atomic E-state index is 11.4. The summed E-state index contributed by atoms with van der Waals surface area (Å²) in [7, 11) is 0. The molecule has 0 aromatic rings. The molecule has 0 amide bonds. The average Bonchev–Trinajstić information content (AvgIpc) is 3.01. The third-order valence-corrected chi connectivity index (χ3v) is 7.34. The highest BCUT2D eigenvalue weighted by Gasteiger charge is 2.04. The lowest BCUT2D eigenvalue weighted by Crippen LogP contribution is -2.10. The van der Waals surface area contributed by atoms with Crippen LogP contribution in [0.5, 0.6) is 0 Å². The summed E-state index contributed by atoms with van der Waals surface area (Å²) in [5.41, 5.74) is 0. The largest absolute Gasteiger partial charge is 0.466 e. The quantitative estimate of drug-likeness (QED) is 0.0450. The molecule has 0 aromatic carbocycles. The number of ether oxygens (including phenoxy) is 2. The molecule has 0 saturated carbocycles. The van der Waals surface area contributed by atoms with Crippen LogP contribution in [0.4, 0.5) is 0 Å². The zero-order valence-corrected chi connectivity index (χ0v) is 30.5. The number of hydrogen-bond acceptors (Lipinski definition) is 4. The smallest absolute Gasteiger partial charge is 0.306 e. The van der Waals surface area contributed by atoms with Crippen molar-refractivity contribution in [2.75, 3.05) is 6.61 Å². The Balaban J connectivity index is 0. The van der Waals surface area contributed by atoms with Crippen LogP contribution in [-0.2, 0) is 19.1 Å². The van der Waals surface area contributed by atoms with Gasteiger partial charge in [0.1, 0.15) is 0 Å². The van der Waals surface area contributed by atoms with E-state index in [2.05, 4.69) is 62.5 Å². The van der Waals surface area contributed by atoms with Crippen LogP contribution in [0.3, 0.4) is 0 Å². The molecule has 0 aliphatic carbocycles. The number of carbonyl (C=O) groups is 2. The van der Waals surface area contributed by atoms with E-state index in [1.807, 2.05) is 20.8 Å². The molecule has 45 heavy (non-hydrogen) atoms. The molecular weight excluding hydrogens is 556 g/mol. The molecule has 0 rings (SSSR count). The summed E-state index contributed by atoms with van der Waals surface area (Å²) in [5, 5.41) is 0. The fourth-order valence-corrected chi connectivity index (χ4v) is 4.72. The zero-order valence-electron chi connectivity index (χ0n) is 30.5. The minimum atomic E-state index is -0.0503. The van der Waals surface area contributed by atoms with Crippen molar-refractivity contribution in [3.63, 3.8) is 0 Å². The molecule has 4 nitrogen and oxygen atoms in total. The van der Waals surface area contributed by atoms with Crippen LogP contribution in [0.2, 0.25) is 0 Å². The van der Waals surface area contributed by atoms with E-state index >= 15 is 0 Å². The van der Waals surface area contributed by atoms with E-state index in [1.165, 1.54) is 103 Å². The summed E-state index contributed by atoms with van der Waals surface area (Å²) in [6.07, 6.45) is 46.1. The van der Waals surface area contributed by atoms with Crippen molar-refractivity contribution in [1.29, 1.82) is 0 Å². The predicted octanol–water partition coefficient (Wildman–Crippen LogP) is 13.1. The molecule has 0 unspecified atom stereocenters. The molecular formula is C41H74O4. The van der Waals surface area contributed by atoms with Crippen molar-refractivity contribution in [3.8, 4) is 0 Å². The fraction of sp³-hybridized carbons (Fsp3) is 0.756. The van der Waals surface area contributed by atoms with Gasteiger partial charge in [0.25, 0.3) is 0 Å². The molecule has 262 valence electrons. The van der Waals surface area contributed by atoms with Crippen molar-refractivity contribution in [2.24, 2.45) is 0 Å². The summed E-state index contributed by atoms with van der Waals surface area (Å²) in [6, 6.07) is 0. The molecule has 0 spiro atoms. The van der Waals surface area contributed by atoms with Crippen LogP contribution in [0.15, 0.2) is 48.6 Å². The second kappa shape index (κ2) is 39.9. The third kappa shape index (κ3) is 44.1. The summed E-state index contributed by atoms with van der Waals surface area (Å²) >= 11 is 0. The highest BCUT2D eigenvalue weighted by molar-refractivity contribution is 5.69. The third-order valence-electron chi connectivity index (χ3n) is 7.34. The van der Waals surface area contributed by atoms with Gasteiger partial charge >= 0.3 is 11.9 Å². The fourth-order valence-electron chi connectivity index (χ4n) is 4.72. The van der Waals surface area contributed by atoms with Gasteiger partial charge in [0.15, 0.2) is 0 Å². The SMILES string of the molecule is CCCCC/C=C\C/C=C\CCCCCCCC(=O)OC(C)C.CCCCC/C=C\C/C=C\CCCCCCCC(=O)OCC. The highest BCUT2D eigenvalue weighted by Crippen LogP contribution is 2.10. The minimum absolute atomic E-state index is 0.0143. The summed E-state index contributed by atoms with van der Waals surface area (Å²) in [4.78, 5) is 22.5. The maximum atomic E-state index is 11.4. The summed E-state index contributed by atoms with van der Waals surface area (Å²) in [5.74, 6) is -0.0983. The lowest BCUT2D eigenvalue weighted by molar-refractivity contribution is -0.147. The van der Waals surface area contributed by atoms with Crippen molar-refractivity contribution in [3.05, 3.63) is 48.6 Å². The number of carbonyl (C=O) groups excluding carboxylic acids is 2. The monoisotopic (exact) mass is 631 g/mol. The van der Waals surface area contributed by atoms with Gasteiger partial charge in [-0.25, -0.2) is 0 Å². The van der Waals surface area contributed by atoms with E-state index in [9.17, 15) is 9.59 Å². The molecule has 0 N–H and O–H groups in total. The van der Waals surface area contributed by atoms with E-state index in [0.717, 1.165) is 38.5 Å². The van der Waals surface area contributed by atoms with E-state index in [4.69, 9.17) is 9.47 Å². The number of esters is 2. The van der Waals surface area contributed by atoms with Crippen LogP contribution in [0, 0.1) is 0 Å². The molecule has 0 radical (unpaired) electrons. The molecule has 0 bridgehead atoms. The first-order chi connectivity index (χ1) is 22.0. The Hall–Kier alpha value is -2.10. The normalized spacial score (nSPS) is 11.7. The Bertz CT molecular complexity index is 732. The number of hydrogen-bond donors (Lipinski definition) is 0. The predicted molar refractivity (Wildman–Crippen MR) is 197 cm³/mol. The van der Waals surface area contributed by atoms with E-state index in [1.54, 1.807) is 0 Å². The van der Waals surface area contributed by atoms with Crippen LogP contribution in [0.25, 0.3) is 0 Å². The highest BCUT2D eigenvalue weighted by atomic mass is 16.5. The van der Waals surface area contributed by atoms with E-state index < -0.39 is 0 Å². The Morgan fingerprint density at radius 3 is 1.20 bits per heavy atom. The van der Waals surface area contributed by atoms with Crippen LogP contribution in [0.1, 0.15) is 189 Å². The first kappa shape index (κ1) is 45.0. The van der Waals surface area contributed by atoms with Gasteiger partial charge < -0.3 is 9.47 Å². The van der Waals surface area contributed by atoms with Gasteiger partial charge in [0.05, 0.1) is 12.7 Å². The second-order valence-corrected chi connectivity index (χ2v) is 12.3. The van der Waals surface area contributed by atoms with Gasteiger partial charge in [-0.2, -0.15) is 0 Å². The lowest BCUT2D eigenvalue weighted by Gasteiger charge is -2.07. The zero-order chi connectivity index (χ0) is 33.5. The number of rotatable bonds is 30. The van der Waals surface area contributed by atoms with Gasteiger partial charge in [-0.15, -0.1) is 0 Å². The molecule has 4 heteroatoms. The Labute approximate surface area is 280 Å². The van der Waals surface area contributed by atoms with Crippen molar-refractivity contribution < 1.29 is 19.1 Å². The van der Waals surface area contributed by atoms with Gasteiger partial charge in [-0.3, -0.25) is 9.59 Å². The van der Waals surface area contributed by atoms with Crippen LogP contribution >= 0.6 is 0 Å². The topological polar surface area (TPSA) is 52.6 Å². The Morgan fingerprint density at radius 1 is 0.467 bits per heavy atom. The number of allylic oxidation sites excluding steroid dienone is 8. The van der Waals surface area contributed by atoms with Crippen LogP contribution in [-0.4, -0.2) is 24.6 Å². The summed E-state index contributed by atoms with van der Waals surface area (Å²) < 4.78 is 10.0. The maximum Gasteiger partial charge on any atom is 0.306 e. The molecule has 0 atom stereocenters. The Kier molecular flexibility index (Phi) is 39.9. The van der Waals surface area contributed by atoms with E-state index in [0.29, 0.717) is 19.4 Å². The molecule has 0 fully saturated rings. The van der Waals surface area contributed by atoms with Gasteiger partial charge in [-0.1, -0.05) is 127 Å². The summed E-state index contributed by atoms with van der Waals surface area (Å²) in [6.45, 7) is 10.6. The molecule has 0 aliphatic heterocycles. The Morgan fingerprint density at radius 2 is 0.822 bits per heavy atom. The van der Waals surface area contributed by atoms with Gasteiger partial charge in [0.2, 0.25) is 0 Å². The lowest BCUT2D eigenvalue weighted by atomic mass is 10.1. The standard InChI is InChI=1S/C21H38O2.C20H36O2/c1-4-5-6-7-8-9-10-11-12-13-14-15-16-17-18-19-21(22)23-20(2)3;1-3-5-6-7-8-9-10-11-12-13-14-15-16-17-18-19-20(21)22-4-2/h8-9,11-12,20H,4-7,10,13-19H2,1-3H3;8-9,11-12H,3-7,10,13-19H2,1-2H3/b2*9-8-,12-11-. The molecule has 0 heterocycles. The minimum Gasteiger partial charge on any atom is -0.466 e. The molecule has 0 aliphatic rings. The van der Waals surface area contributed by atoms with Gasteiger partial charge in [0, 0.05) is 12.8 Å². The van der Waals surface area contributed by atoms with Crippen molar-refractivity contribution in [2.45, 2.75) is 195 Å². The second-order valence-electron chi connectivity index (χ2n) is 12.3.